The molecule has 0 aliphatic carbocycles. The van der Waals surface area contributed by atoms with Crippen molar-refractivity contribution in [2.24, 2.45) is 0 Å². The second-order valence-electron chi connectivity index (χ2n) is 5.14. The summed E-state index contributed by atoms with van der Waals surface area (Å²) in [4.78, 5) is 35.6. The zero-order valence-corrected chi connectivity index (χ0v) is 14.7. The first-order valence-electron chi connectivity index (χ1n) is 7.40. The highest BCUT2D eigenvalue weighted by molar-refractivity contribution is 9.10. The third kappa shape index (κ3) is 5.03. The minimum Gasteiger partial charge on any atom is -0.355 e. The summed E-state index contributed by atoms with van der Waals surface area (Å²) < 4.78 is 0.896. The molecule has 0 saturated carbocycles. The molecule has 0 aliphatic heterocycles. The summed E-state index contributed by atoms with van der Waals surface area (Å²) in [7, 11) is 1.54. The molecule has 0 aliphatic rings. The van der Waals surface area contributed by atoms with E-state index in [1.54, 1.807) is 55.6 Å². The van der Waals surface area contributed by atoms with Gasteiger partial charge in [-0.2, -0.15) is 0 Å². The molecule has 2 rings (SSSR count). The predicted molar refractivity (Wildman–Crippen MR) is 96.2 cm³/mol. The Morgan fingerprint density at radius 3 is 2.33 bits per heavy atom. The van der Waals surface area contributed by atoms with E-state index in [-0.39, 0.29) is 30.4 Å². The van der Waals surface area contributed by atoms with E-state index in [4.69, 9.17) is 0 Å². The van der Waals surface area contributed by atoms with Crippen LogP contribution in [0, 0.1) is 0 Å². The molecule has 0 heterocycles. The largest absolute Gasteiger partial charge is 0.355 e. The van der Waals surface area contributed by atoms with Crippen LogP contribution < -0.4 is 10.6 Å². The zero-order valence-electron chi connectivity index (χ0n) is 13.1. The van der Waals surface area contributed by atoms with Gasteiger partial charge in [0.15, 0.2) is 5.78 Å². The second-order valence-corrected chi connectivity index (χ2v) is 6.05. The Morgan fingerprint density at radius 1 is 0.958 bits per heavy atom. The topological polar surface area (TPSA) is 75.3 Å². The van der Waals surface area contributed by atoms with Crippen LogP contribution in [-0.2, 0) is 4.79 Å². The number of Topliss-reactive ketones (excluding diaryl/α,β-unsaturated/α-hetero) is 1. The van der Waals surface area contributed by atoms with Crippen molar-refractivity contribution in [3.8, 4) is 0 Å². The molecule has 2 aromatic rings. The number of hydrogen-bond acceptors (Lipinski definition) is 3. The van der Waals surface area contributed by atoms with E-state index >= 15 is 0 Å². The quantitative estimate of drug-likeness (QED) is 0.744. The lowest BCUT2D eigenvalue weighted by molar-refractivity contribution is -0.116. The third-order valence-electron chi connectivity index (χ3n) is 3.38. The molecule has 0 atom stereocenters. The highest BCUT2D eigenvalue weighted by Gasteiger charge is 2.10. The van der Waals surface area contributed by atoms with E-state index in [9.17, 15) is 14.4 Å². The number of halogens is 1. The maximum atomic E-state index is 12.0. The number of hydrogen-bond donors (Lipinski definition) is 2. The van der Waals surface area contributed by atoms with Crippen molar-refractivity contribution in [2.45, 2.75) is 12.8 Å². The number of amides is 2. The number of carbonyl (C=O) groups is 3. The molecule has 6 heteroatoms. The fraction of sp³-hybridized carbons (Fsp3) is 0.167. The van der Waals surface area contributed by atoms with Gasteiger partial charge >= 0.3 is 0 Å². The lowest BCUT2D eigenvalue weighted by Crippen LogP contribution is -2.18. The Kier molecular flexibility index (Phi) is 6.26. The second kappa shape index (κ2) is 8.40. The molecular weight excluding hydrogens is 372 g/mol. The summed E-state index contributed by atoms with van der Waals surface area (Å²) in [5.41, 5.74) is 1.56. The predicted octanol–water partition coefficient (Wildman–Crippen LogP) is 3.41. The van der Waals surface area contributed by atoms with Crippen LogP contribution in [-0.4, -0.2) is 24.6 Å². The molecule has 0 bridgehead atoms. The van der Waals surface area contributed by atoms with Gasteiger partial charge in [0.25, 0.3) is 5.91 Å². The molecule has 2 aromatic carbocycles. The molecule has 0 radical (unpaired) electrons. The third-order valence-corrected chi connectivity index (χ3v) is 3.91. The fourth-order valence-corrected chi connectivity index (χ4v) is 2.38. The number of ketones is 1. The molecule has 124 valence electrons. The number of benzene rings is 2. The monoisotopic (exact) mass is 388 g/mol. The molecular formula is C18H17BrN2O3. The van der Waals surface area contributed by atoms with Gasteiger partial charge in [-0.25, -0.2) is 0 Å². The molecule has 0 saturated heterocycles. The Balaban J connectivity index is 1.90. The SMILES string of the molecule is CNC(=O)c1cccc(NC(=O)CCC(=O)c2ccc(Br)cc2)c1. The average molecular weight is 389 g/mol. The molecule has 0 aromatic heterocycles. The van der Waals surface area contributed by atoms with Crippen LogP contribution in [0.5, 0.6) is 0 Å². The minimum atomic E-state index is -0.269. The molecule has 24 heavy (non-hydrogen) atoms. The zero-order chi connectivity index (χ0) is 17.5. The molecule has 0 fully saturated rings. The van der Waals surface area contributed by atoms with Gasteiger partial charge in [0.1, 0.15) is 0 Å². The first kappa shape index (κ1) is 17.9. The van der Waals surface area contributed by atoms with E-state index in [2.05, 4.69) is 26.6 Å². The van der Waals surface area contributed by atoms with Crippen molar-refractivity contribution in [1.82, 2.24) is 5.32 Å². The normalized spacial score (nSPS) is 10.1. The Hall–Kier alpha value is -2.47. The van der Waals surface area contributed by atoms with E-state index in [0.29, 0.717) is 16.8 Å². The number of rotatable bonds is 6. The summed E-state index contributed by atoms with van der Waals surface area (Å²) in [5.74, 6) is -0.581. The lowest BCUT2D eigenvalue weighted by atomic mass is 10.1. The first-order valence-corrected chi connectivity index (χ1v) is 8.19. The van der Waals surface area contributed by atoms with Crippen LogP contribution in [0.4, 0.5) is 5.69 Å². The maximum absolute atomic E-state index is 12.0. The number of carbonyl (C=O) groups excluding carboxylic acids is 3. The minimum absolute atomic E-state index is 0.0824. The van der Waals surface area contributed by atoms with Crippen molar-refractivity contribution < 1.29 is 14.4 Å². The van der Waals surface area contributed by atoms with Crippen LogP contribution in [0.25, 0.3) is 0 Å². The van der Waals surface area contributed by atoms with Gasteiger partial charge in [-0.3, -0.25) is 14.4 Å². The van der Waals surface area contributed by atoms with Crippen LogP contribution in [0.3, 0.4) is 0 Å². The van der Waals surface area contributed by atoms with Crippen molar-refractivity contribution in [1.29, 1.82) is 0 Å². The highest BCUT2D eigenvalue weighted by atomic mass is 79.9. The van der Waals surface area contributed by atoms with Crippen LogP contribution in [0.1, 0.15) is 33.6 Å². The Labute approximate surface area is 148 Å². The summed E-state index contributed by atoms with van der Waals surface area (Å²) in [5, 5.41) is 5.22. The standard InChI is InChI=1S/C18H17BrN2O3/c1-20-18(24)13-3-2-4-15(11-13)21-17(23)10-9-16(22)12-5-7-14(19)8-6-12/h2-8,11H,9-10H2,1H3,(H,20,24)(H,21,23). The summed E-state index contributed by atoms with van der Waals surface area (Å²) >= 11 is 3.31. The molecule has 0 spiro atoms. The molecule has 0 unspecified atom stereocenters. The van der Waals surface area contributed by atoms with E-state index in [1.165, 1.54) is 0 Å². The van der Waals surface area contributed by atoms with Gasteiger partial charge in [-0.1, -0.05) is 34.1 Å². The lowest BCUT2D eigenvalue weighted by Gasteiger charge is -2.07. The Morgan fingerprint density at radius 2 is 1.67 bits per heavy atom. The molecule has 5 nitrogen and oxygen atoms in total. The van der Waals surface area contributed by atoms with Gasteiger partial charge in [-0.15, -0.1) is 0 Å². The summed E-state index contributed by atoms with van der Waals surface area (Å²) in [6, 6.07) is 13.6. The van der Waals surface area contributed by atoms with E-state index in [1.807, 2.05) is 0 Å². The van der Waals surface area contributed by atoms with Crippen LogP contribution in [0.2, 0.25) is 0 Å². The fourth-order valence-electron chi connectivity index (χ4n) is 2.11. The molecule has 2 amide bonds. The highest BCUT2D eigenvalue weighted by Crippen LogP contribution is 2.14. The van der Waals surface area contributed by atoms with Crippen molar-refractivity contribution >= 4 is 39.2 Å². The number of anilines is 1. The summed E-state index contributed by atoms with van der Waals surface area (Å²) in [6.07, 6.45) is 0.210. The smallest absolute Gasteiger partial charge is 0.251 e. The van der Waals surface area contributed by atoms with E-state index in [0.717, 1.165) is 4.47 Å². The van der Waals surface area contributed by atoms with Crippen molar-refractivity contribution in [3.05, 3.63) is 64.1 Å². The van der Waals surface area contributed by atoms with E-state index < -0.39 is 0 Å². The number of nitrogens with one attached hydrogen (secondary N) is 2. The van der Waals surface area contributed by atoms with Gasteiger partial charge in [0.05, 0.1) is 0 Å². The van der Waals surface area contributed by atoms with Crippen LogP contribution in [0.15, 0.2) is 53.0 Å². The average Bonchev–Trinajstić information content (AvgIpc) is 2.59. The van der Waals surface area contributed by atoms with Gasteiger partial charge in [0, 0.05) is 41.2 Å². The van der Waals surface area contributed by atoms with Gasteiger partial charge in [0.2, 0.25) is 5.91 Å². The van der Waals surface area contributed by atoms with Crippen molar-refractivity contribution in [3.63, 3.8) is 0 Å². The van der Waals surface area contributed by atoms with Gasteiger partial charge < -0.3 is 10.6 Å². The molecule has 2 N–H and O–H groups in total. The summed E-state index contributed by atoms with van der Waals surface area (Å²) in [6.45, 7) is 0. The Bertz CT molecular complexity index is 757. The maximum Gasteiger partial charge on any atom is 0.251 e. The first-order chi connectivity index (χ1) is 11.5. The van der Waals surface area contributed by atoms with Gasteiger partial charge in [-0.05, 0) is 30.3 Å². The van der Waals surface area contributed by atoms with Crippen molar-refractivity contribution in [2.75, 3.05) is 12.4 Å². The van der Waals surface area contributed by atoms with Crippen LogP contribution >= 0.6 is 15.9 Å².